The molecule has 1 aromatic rings. The van der Waals surface area contributed by atoms with Gasteiger partial charge in [-0.05, 0) is 26.3 Å². The molecule has 1 amide bonds. The van der Waals surface area contributed by atoms with Gasteiger partial charge < -0.3 is 19.5 Å². The Labute approximate surface area is 124 Å². The monoisotopic (exact) mass is 290 g/mol. The molecule has 1 aliphatic rings. The largest absolute Gasteiger partial charge is 0.550 e. The highest BCUT2D eigenvalue weighted by Gasteiger charge is 2.38. The van der Waals surface area contributed by atoms with Crippen LogP contribution >= 0.6 is 0 Å². The van der Waals surface area contributed by atoms with Crippen LogP contribution in [0.2, 0.25) is 0 Å². The fourth-order valence-electron chi connectivity index (χ4n) is 2.56. The van der Waals surface area contributed by atoms with Crippen molar-refractivity contribution in [2.45, 2.75) is 32.3 Å². The Morgan fingerprint density at radius 3 is 2.33 bits per heavy atom. The molecule has 0 N–H and O–H groups in total. The number of ether oxygens (including phenoxy) is 1. The molecule has 0 unspecified atom stereocenters. The predicted octanol–water partition coefficient (Wildman–Crippen LogP) is 1.39. The van der Waals surface area contributed by atoms with E-state index in [1.165, 1.54) is 4.90 Å². The third-order valence-corrected chi connectivity index (χ3v) is 3.50. The molecular formula is C16H20NO4-. The Hall–Kier alpha value is -2.04. The average molecular weight is 290 g/mol. The molecule has 1 heterocycles. The standard InChI is InChI=1S/C16H21NO4/c1-16(2,3)21-15(20)17-9-12(13(10-17)14(18)19)11-7-5-4-6-8-11/h4-8,12-13H,9-10H2,1-3H3,(H,18,19)/p-1/t12-,13-/m1/s1. The Bertz CT molecular complexity index is 521. The van der Waals surface area contributed by atoms with Crippen molar-refractivity contribution >= 4 is 12.1 Å². The molecule has 1 fully saturated rings. The number of carboxylic acids is 1. The number of carbonyl (C=O) groups excluding carboxylic acids is 2. The first-order valence-electron chi connectivity index (χ1n) is 7.01. The summed E-state index contributed by atoms with van der Waals surface area (Å²) in [6.45, 7) is 5.80. The summed E-state index contributed by atoms with van der Waals surface area (Å²) in [6.07, 6.45) is -0.479. The summed E-state index contributed by atoms with van der Waals surface area (Å²) in [6, 6.07) is 9.34. The van der Waals surface area contributed by atoms with Crippen LogP contribution in [0.15, 0.2) is 30.3 Å². The smallest absolute Gasteiger partial charge is 0.410 e. The maximum atomic E-state index is 12.1. The van der Waals surface area contributed by atoms with E-state index in [2.05, 4.69) is 0 Å². The van der Waals surface area contributed by atoms with Gasteiger partial charge in [-0.1, -0.05) is 30.3 Å². The summed E-state index contributed by atoms with van der Waals surface area (Å²) >= 11 is 0. The highest BCUT2D eigenvalue weighted by Crippen LogP contribution is 2.33. The number of hydrogen-bond donors (Lipinski definition) is 0. The average Bonchev–Trinajstić information content (AvgIpc) is 2.83. The summed E-state index contributed by atoms with van der Waals surface area (Å²) < 4.78 is 5.31. The van der Waals surface area contributed by atoms with Crippen molar-refractivity contribution in [2.24, 2.45) is 5.92 Å². The Kier molecular flexibility index (Phi) is 4.21. The summed E-state index contributed by atoms with van der Waals surface area (Å²) in [5, 5.41) is 11.3. The molecule has 1 aromatic carbocycles. The van der Waals surface area contributed by atoms with E-state index < -0.39 is 23.6 Å². The van der Waals surface area contributed by atoms with Crippen LogP contribution in [0.25, 0.3) is 0 Å². The second-order valence-corrected chi connectivity index (χ2v) is 6.33. The number of hydrogen-bond acceptors (Lipinski definition) is 4. The maximum Gasteiger partial charge on any atom is 0.410 e. The van der Waals surface area contributed by atoms with Crippen molar-refractivity contribution < 1.29 is 19.4 Å². The van der Waals surface area contributed by atoms with E-state index in [0.717, 1.165) is 5.56 Å². The van der Waals surface area contributed by atoms with Gasteiger partial charge in [0.25, 0.3) is 0 Å². The number of amides is 1. The molecule has 0 aliphatic carbocycles. The summed E-state index contributed by atoms with van der Waals surface area (Å²) in [7, 11) is 0. The van der Waals surface area contributed by atoms with Gasteiger partial charge in [-0.2, -0.15) is 0 Å². The van der Waals surface area contributed by atoms with Gasteiger partial charge in [-0.3, -0.25) is 0 Å². The van der Waals surface area contributed by atoms with Gasteiger partial charge in [-0.25, -0.2) is 4.79 Å². The normalized spacial score (nSPS) is 22.1. The molecule has 0 radical (unpaired) electrons. The highest BCUT2D eigenvalue weighted by molar-refractivity contribution is 5.74. The van der Waals surface area contributed by atoms with E-state index in [1.54, 1.807) is 20.8 Å². The van der Waals surface area contributed by atoms with Crippen LogP contribution in [0.1, 0.15) is 32.3 Å². The van der Waals surface area contributed by atoms with Crippen LogP contribution in [0.4, 0.5) is 4.79 Å². The molecule has 114 valence electrons. The molecule has 2 rings (SSSR count). The van der Waals surface area contributed by atoms with Gasteiger partial charge >= 0.3 is 6.09 Å². The van der Waals surface area contributed by atoms with Gasteiger partial charge in [0, 0.05) is 30.9 Å². The van der Waals surface area contributed by atoms with E-state index >= 15 is 0 Å². The number of rotatable bonds is 2. The lowest BCUT2D eigenvalue weighted by Crippen LogP contribution is -2.38. The van der Waals surface area contributed by atoms with Crippen molar-refractivity contribution in [3.8, 4) is 0 Å². The molecule has 0 bridgehead atoms. The molecule has 0 aromatic heterocycles. The molecule has 21 heavy (non-hydrogen) atoms. The topological polar surface area (TPSA) is 69.7 Å². The fourth-order valence-corrected chi connectivity index (χ4v) is 2.56. The molecule has 1 aliphatic heterocycles. The van der Waals surface area contributed by atoms with Gasteiger partial charge in [-0.15, -0.1) is 0 Å². The van der Waals surface area contributed by atoms with Crippen molar-refractivity contribution in [3.05, 3.63) is 35.9 Å². The Morgan fingerprint density at radius 2 is 1.81 bits per heavy atom. The Balaban J connectivity index is 2.16. The minimum atomic E-state index is -1.13. The maximum absolute atomic E-state index is 12.1. The molecule has 2 atom stereocenters. The number of aliphatic carboxylic acids is 1. The lowest BCUT2D eigenvalue weighted by atomic mass is 9.89. The van der Waals surface area contributed by atoms with E-state index in [1.807, 2.05) is 30.3 Å². The third-order valence-electron chi connectivity index (χ3n) is 3.50. The van der Waals surface area contributed by atoms with E-state index in [-0.39, 0.29) is 12.5 Å². The lowest BCUT2D eigenvalue weighted by Gasteiger charge is -2.24. The molecule has 5 nitrogen and oxygen atoms in total. The molecular weight excluding hydrogens is 270 g/mol. The minimum absolute atomic E-state index is 0.122. The van der Waals surface area contributed by atoms with Crippen molar-refractivity contribution in [1.29, 1.82) is 0 Å². The fraction of sp³-hybridized carbons (Fsp3) is 0.500. The van der Waals surface area contributed by atoms with Gasteiger partial charge in [0.2, 0.25) is 0 Å². The van der Waals surface area contributed by atoms with Crippen molar-refractivity contribution in [2.75, 3.05) is 13.1 Å². The van der Waals surface area contributed by atoms with E-state index in [0.29, 0.717) is 6.54 Å². The SMILES string of the molecule is CC(C)(C)OC(=O)N1C[C@H](c2ccccc2)[C@H](C(=O)[O-])C1. The predicted molar refractivity (Wildman–Crippen MR) is 75.5 cm³/mol. The van der Waals surface area contributed by atoms with E-state index in [9.17, 15) is 14.7 Å². The lowest BCUT2D eigenvalue weighted by molar-refractivity contribution is -0.311. The minimum Gasteiger partial charge on any atom is -0.550 e. The molecule has 0 spiro atoms. The quantitative estimate of drug-likeness (QED) is 0.825. The zero-order valence-electron chi connectivity index (χ0n) is 12.5. The van der Waals surface area contributed by atoms with Gasteiger partial charge in [0.15, 0.2) is 0 Å². The van der Waals surface area contributed by atoms with Crippen LogP contribution in [0.5, 0.6) is 0 Å². The first-order chi connectivity index (χ1) is 9.78. The number of nitrogens with zero attached hydrogens (tertiary/aromatic N) is 1. The first kappa shape index (κ1) is 15.4. The van der Waals surface area contributed by atoms with E-state index in [4.69, 9.17) is 4.74 Å². The summed E-state index contributed by atoms with van der Waals surface area (Å²) in [4.78, 5) is 24.9. The first-order valence-corrected chi connectivity index (χ1v) is 7.01. The van der Waals surface area contributed by atoms with Crippen LogP contribution in [-0.2, 0) is 9.53 Å². The van der Waals surface area contributed by atoms with Crippen LogP contribution < -0.4 is 5.11 Å². The second kappa shape index (κ2) is 5.76. The number of carbonyl (C=O) groups is 2. The van der Waals surface area contributed by atoms with Crippen LogP contribution in [0, 0.1) is 5.92 Å². The highest BCUT2D eigenvalue weighted by atomic mass is 16.6. The Morgan fingerprint density at radius 1 is 1.19 bits per heavy atom. The molecule has 1 saturated heterocycles. The van der Waals surface area contributed by atoms with Crippen LogP contribution in [-0.4, -0.2) is 35.7 Å². The zero-order chi connectivity index (χ0) is 15.6. The van der Waals surface area contributed by atoms with Crippen molar-refractivity contribution in [3.63, 3.8) is 0 Å². The third kappa shape index (κ3) is 3.74. The van der Waals surface area contributed by atoms with Crippen molar-refractivity contribution in [1.82, 2.24) is 4.90 Å². The number of likely N-dealkylation sites (tertiary alicyclic amines) is 1. The molecule has 0 saturated carbocycles. The summed E-state index contributed by atoms with van der Waals surface area (Å²) in [5.41, 5.74) is 0.302. The van der Waals surface area contributed by atoms with Crippen LogP contribution in [0.3, 0.4) is 0 Å². The summed E-state index contributed by atoms with van der Waals surface area (Å²) in [5.74, 6) is -2.10. The number of carboxylic acid groups (broad SMARTS) is 1. The van der Waals surface area contributed by atoms with Gasteiger partial charge in [0.1, 0.15) is 5.60 Å². The second-order valence-electron chi connectivity index (χ2n) is 6.33. The van der Waals surface area contributed by atoms with Gasteiger partial charge in [0.05, 0.1) is 0 Å². The number of benzene rings is 1. The molecule has 5 heteroatoms. The zero-order valence-corrected chi connectivity index (χ0v) is 12.5.